The number of carbonyl (C=O) groups is 1. The van der Waals surface area contributed by atoms with Crippen LogP contribution >= 0.6 is 11.6 Å². The minimum absolute atomic E-state index is 0.0350. The Hall–Kier alpha value is -3.66. The molecule has 0 aliphatic carbocycles. The van der Waals surface area contributed by atoms with Gasteiger partial charge in [-0.3, -0.25) is 14.1 Å². The highest BCUT2D eigenvalue weighted by atomic mass is 35.5. The summed E-state index contributed by atoms with van der Waals surface area (Å²) in [5.74, 6) is -1.16. The lowest BCUT2D eigenvalue weighted by atomic mass is 9.99. The third kappa shape index (κ3) is 5.56. The molecule has 1 aliphatic rings. The lowest BCUT2D eigenvalue weighted by Gasteiger charge is -2.34. The van der Waals surface area contributed by atoms with E-state index in [1.807, 2.05) is 0 Å². The SMILES string of the molecule is COC1CCN(S(=O)(=O)c2cc(-c3cnc(C(F)(F)F)cc3C#N)c(Cl)cc2CCC(=O)O)c2ccccc21. The number of sulfonamides is 1. The van der Waals surface area contributed by atoms with Crippen molar-refractivity contribution in [2.24, 2.45) is 0 Å². The van der Waals surface area contributed by atoms with E-state index in [0.29, 0.717) is 23.7 Å². The summed E-state index contributed by atoms with van der Waals surface area (Å²) in [4.78, 5) is 14.4. The number of hydrogen-bond donors (Lipinski definition) is 1. The van der Waals surface area contributed by atoms with E-state index in [1.165, 1.54) is 17.5 Å². The van der Waals surface area contributed by atoms with Gasteiger partial charge in [0, 0.05) is 48.0 Å². The van der Waals surface area contributed by atoms with Gasteiger partial charge in [-0.15, -0.1) is 0 Å². The molecule has 0 spiro atoms. The van der Waals surface area contributed by atoms with E-state index < -0.39 is 39.8 Å². The van der Waals surface area contributed by atoms with Gasteiger partial charge in [-0.25, -0.2) is 8.42 Å². The summed E-state index contributed by atoms with van der Waals surface area (Å²) >= 11 is 6.43. The van der Waals surface area contributed by atoms with Gasteiger partial charge in [0.05, 0.1) is 28.3 Å². The molecular formula is C26H21ClF3N3O5S. The first kappa shape index (κ1) is 28.4. The van der Waals surface area contributed by atoms with Crippen LogP contribution in [-0.4, -0.2) is 38.1 Å². The Morgan fingerprint density at radius 2 is 1.97 bits per heavy atom. The van der Waals surface area contributed by atoms with Crippen LogP contribution in [0.4, 0.5) is 18.9 Å². The highest BCUT2D eigenvalue weighted by Crippen LogP contribution is 2.41. The summed E-state index contributed by atoms with van der Waals surface area (Å²) in [5, 5.41) is 18.7. The monoisotopic (exact) mass is 579 g/mol. The summed E-state index contributed by atoms with van der Waals surface area (Å²) in [6.45, 7) is 0.0550. The van der Waals surface area contributed by atoms with Crippen LogP contribution < -0.4 is 4.31 Å². The number of pyridine rings is 1. The van der Waals surface area contributed by atoms with Crippen LogP contribution in [0.15, 0.2) is 53.6 Å². The number of halogens is 4. The van der Waals surface area contributed by atoms with Crippen LogP contribution in [0.2, 0.25) is 5.02 Å². The number of rotatable bonds is 7. The molecule has 2 heterocycles. The van der Waals surface area contributed by atoms with Gasteiger partial charge in [-0.1, -0.05) is 29.8 Å². The van der Waals surface area contributed by atoms with Crippen molar-refractivity contribution in [3.8, 4) is 17.2 Å². The number of aliphatic carboxylic acids is 1. The van der Waals surface area contributed by atoms with Gasteiger partial charge in [0.2, 0.25) is 0 Å². The van der Waals surface area contributed by atoms with Crippen molar-refractivity contribution >= 4 is 33.3 Å². The molecule has 0 amide bonds. The second kappa shape index (κ2) is 10.8. The molecule has 1 atom stereocenters. The Labute approximate surface area is 227 Å². The van der Waals surface area contributed by atoms with Crippen molar-refractivity contribution in [1.82, 2.24) is 4.98 Å². The first-order chi connectivity index (χ1) is 18.4. The molecule has 0 fully saturated rings. The largest absolute Gasteiger partial charge is 0.481 e. The van der Waals surface area contributed by atoms with Gasteiger partial charge in [0.15, 0.2) is 0 Å². The lowest BCUT2D eigenvalue weighted by molar-refractivity contribution is -0.141. The van der Waals surface area contributed by atoms with Crippen molar-refractivity contribution in [2.75, 3.05) is 18.0 Å². The molecule has 1 N–H and O–H groups in total. The first-order valence-corrected chi connectivity index (χ1v) is 13.4. The van der Waals surface area contributed by atoms with Gasteiger partial charge in [0.25, 0.3) is 10.0 Å². The fourth-order valence-corrected chi connectivity index (χ4v) is 6.56. The Morgan fingerprint density at radius 1 is 1.26 bits per heavy atom. The van der Waals surface area contributed by atoms with Gasteiger partial charge >= 0.3 is 12.1 Å². The molecule has 39 heavy (non-hydrogen) atoms. The molecule has 204 valence electrons. The number of nitrogens with zero attached hydrogens (tertiary/aromatic N) is 3. The maximum absolute atomic E-state index is 14.1. The number of anilines is 1. The summed E-state index contributed by atoms with van der Waals surface area (Å²) in [7, 11) is -2.82. The summed E-state index contributed by atoms with van der Waals surface area (Å²) in [5.41, 5.74) is -0.701. The molecular weight excluding hydrogens is 559 g/mol. The van der Waals surface area contributed by atoms with Crippen LogP contribution in [0, 0.1) is 11.3 Å². The second-order valence-corrected chi connectivity index (χ2v) is 10.9. The maximum atomic E-state index is 14.1. The number of carboxylic acid groups (broad SMARTS) is 1. The molecule has 1 aromatic heterocycles. The minimum atomic E-state index is -4.80. The molecule has 4 rings (SSSR count). The molecule has 0 saturated carbocycles. The van der Waals surface area contributed by atoms with E-state index in [-0.39, 0.29) is 45.7 Å². The fraction of sp³-hybridized carbons (Fsp3) is 0.269. The highest BCUT2D eigenvalue weighted by Gasteiger charge is 2.36. The number of ether oxygens (including phenoxy) is 1. The third-order valence-electron chi connectivity index (χ3n) is 6.36. The number of alkyl halides is 3. The zero-order valence-electron chi connectivity index (χ0n) is 20.4. The second-order valence-electron chi connectivity index (χ2n) is 8.71. The van der Waals surface area contributed by atoms with Crippen LogP contribution in [-0.2, 0) is 32.2 Å². The predicted molar refractivity (Wildman–Crippen MR) is 136 cm³/mol. The Morgan fingerprint density at radius 3 is 2.62 bits per heavy atom. The average molecular weight is 580 g/mol. The van der Waals surface area contributed by atoms with Crippen LogP contribution in [0.1, 0.15) is 41.3 Å². The number of methoxy groups -OCH3 is 1. The average Bonchev–Trinajstić information content (AvgIpc) is 2.90. The summed E-state index contributed by atoms with van der Waals surface area (Å²) in [6, 6.07) is 11.5. The van der Waals surface area contributed by atoms with E-state index in [1.54, 1.807) is 30.3 Å². The molecule has 2 aromatic carbocycles. The third-order valence-corrected chi connectivity index (χ3v) is 8.57. The Balaban J connectivity index is 1.92. The maximum Gasteiger partial charge on any atom is 0.433 e. The number of fused-ring (bicyclic) bond motifs is 1. The van der Waals surface area contributed by atoms with Crippen LogP contribution in [0.5, 0.6) is 0 Å². The van der Waals surface area contributed by atoms with Gasteiger partial charge in [-0.2, -0.15) is 18.4 Å². The number of hydrogen-bond acceptors (Lipinski definition) is 6. The number of carboxylic acids is 1. The summed E-state index contributed by atoms with van der Waals surface area (Å²) < 4.78 is 74.5. The normalized spacial score (nSPS) is 15.5. The fourth-order valence-electron chi connectivity index (χ4n) is 4.51. The topological polar surface area (TPSA) is 121 Å². The molecule has 0 radical (unpaired) electrons. The van der Waals surface area contributed by atoms with Crippen molar-refractivity contribution < 1.29 is 36.2 Å². The minimum Gasteiger partial charge on any atom is -0.481 e. The van der Waals surface area contributed by atoms with Crippen molar-refractivity contribution in [1.29, 1.82) is 5.26 Å². The van der Waals surface area contributed by atoms with E-state index in [9.17, 15) is 36.8 Å². The van der Waals surface area contributed by atoms with Crippen LogP contribution in [0.25, 0.3) is 11.1 Å². The molecule has 13 heteroatoms. The van der Waals surface area contributed by atoms with E-state index in [4.69, 9.17) is 16.3 Å². The zero-order valence-corrected chi connectivity index (χ0v) is 21.9. The highest BCUT2D eigenvalue weighted by molar-refractivity contribution is 7.92. The van der Waals surface area contributed by atoms with Crippen molar-refractivity contribution in [2.45, 2.75) is 36.4 Å². The Kier molecular flexibility index (Phi) is 7.88. The molecule has 8 nitrogen and oxygen atoms in total. The lowest BCUT2D eigenvalue weighted by Crippen LogP contribution is -2.37. The smallest absolute Gasteiger partial charge is 0.433 e. The van der Waals surface area contributed by atoms with E-state index >= 15 is 0 Å². The van der Waals surface area contributed by atoms with E-state index in [0.717, 1.165) is 12.3 Å². The predicted octanol–water partition coefficient (Wildman–Crippen LogP) is 5.60. The molecule has 3 aromatic rings. The van der Waals surface area contributed by atoms with Gasteiger partial charge in [0.1, 0.15) is 5.69 Å². The number of aromatic nitrogens is 1. The Bertz CT molecular complexity index is 1590. The molecule has 0 saturated heterocycles. The molecule has 0 bridgehead atoms. The quantitative estimate of drug-likeness (QED) is 0.387. The number of para-hydroxylation sites is 1. The van der Waals surface area contributed by atoms with Crippen LogP contribution in [0.3, 0.4) is 0 Å². The number of benzene rings is 2. The molecule has 1 aliphatic heterocycles. The van der Waals surface area contributed by atoms with Crippen molar-refractivity contribution in [3.63, 3.8) is 0 Å². The first-order valence-electron chi connectivity index (χ1n) is 11.5. The van der Waals surface area contributed by atoms with Crippen molar-refractivity contribution in [3.05, 3.63) is 76.1 Å². The van der Waals surface area contributed by atoms with E-state index in [2.05, 4.69) is 4.98 Å². The zero-order chi connectivity index (χ0) is 28.5. The summed E-state index contributed by atoms with van der Waals surface area (Å²) in [6.07, 6.45) is -4.56. The van der Waals surface area contributed by atoms with Gasteiger partial charge in [-0.05, 0) is 42.7 Å². The number of aryl methyl sites for hydroxylation is 1. The molecule has 1 unspecified atom stereocenters. The van der Waals surface area contributed by atoms with Gasteiger partial charge < -0.3 is 9.84 Å². The number of nitriles is 1. The standard InChI is InChI=1S/C26H21ClF3N3O5S/c1-38-22-8-9-33(21-5-3-2-4-17(21)22)39(36,37)23-12-18(20(27)10-15(23)6-7-25(34)35)19-14-32-24(26(28,29)30)11-16(19)13-31/h2-5,10-12,14,22H,6-9H2,1H3,(H,34,35).